The van der Waals surface area contributed by atoms with Gasteiger partial charge in [0.15, 0.2) is 34.5 Å². The number of likely N-dealkylation sites (N-methyl/N-ethyl adjacent to an activating group) is 1. The molecule has 12 heteroatoms. The number of amides is 1. The predicted molar refractivity (Wildman–Crippen MR) is 286 cm³/mol. The van der Waals surface area contributed by atoms with Gasteiger partial charge >= 0.3 is 0 Å². The maximum absolute atomic E-state index is 11.8. The lowest BCUT2D eigenvalue weighted by atomic mass is 10.1. The summed E-state index contributed by atoms with van der Waals surface area (Å²) in [5.74, 6) is 6.36. The molecule has 2 aliphatic rings. The monoisotopic (exact) mass is 962 g/mol. The van der Waals surface area contributed by atoms with Gasteiger partial charge in [0.05, 0.1) is 27.9 Å². The number of nitrogens with one attached hydrogen (secondary N) is 2. The second-order valence-electron chi connectivity index (χ2n) is 17.8. The van der Waals surface area contributed by atoms with Crippen LogP contribution in [0.5, 0.6) is 34.5 Å². The molecular formula is C59H74BN4O7. The zero-order valence-corrected chi connectivity index (χ0v) is 42.3. The van der Waals surface area contributed by atoms with E-state index in [9.17, 15) is 4.79 Å². The van der Waals surface area contributed by atoms with E-state index >= 15 is 0 Å². The molecule has 375 valence electrons. The van der Waals surface area contributed by atoms with Crippen molar-refractivity contribution in [1.82, 2.24) is 15.5 Å². The number of nitrogens with two attached hydrogens (primary N) is 1. The van der Waals surface area contributed by atoms with E-state index in [-0.39, 0.29) is 14.3 Å². The van der Waals surface area contributed by atoms with E-state index in [0.717, 1.165) is 114 Å². The number of carbonyl (C=O) groups is 1. The lowest BCUT2D eigenvalue weighted by molar-refractivity contribution is -0.121. The Kier molecular flexibility index (Phi) is 24.2. The smallest absolute Gasteiger partial charge is 0.233 e. The van der Waals surface area contributed by atoms with Crippen molar-refractivity contribution in [2.45, 2.75) is 64.8 Å². The van der Waals surface area contributed by atoms with Gasteiger partial charge in [-0.2, -0.15) is 0 Å². The molecule has 0 aliphatic heterocycles. The fourth-order valence-electron chi connectivity index (χ4n) is 7.66. The van der Waals surface area contributed by atoms with Crippen LogP contribution in [0.15, 0.2) is 146 Å². The summed E-state index contributed by atoms with van der Waals surface area (Å²) in [5, 5.41) is 6.25. The van der Waals surface area contributed by atoms with Crippen LogP contribution in [0.3, 0.4) is 0 Å². The average molecular weight is 962 g/mol. The fraction of sp³-hybridized carbons (Fsp3) is 0.373. The van der Waals surface area contributed by atoms with Crippen molar-refractivity contribution in [3.63, 3.8) is 0 Å². The maximum Gasteiger partial charge on any atom is 0.233 e. The van der Waals surface area contributed by atoms with Crippen molar-refractivity contribution in [2.75, 3.05) is 67.6 Å². The highest BCUT2D eigenvalue weighted by Crippen LogP contribution is 2.33. The minimum Gasteiger partial charge on any atom is -0.493 e. The summed E-state index contributed by atoms with van der Waals surface area (Å²) in [6.07, 6.45) is 8.09. The highest BCUT2D eigenvalue weighted by Gasteiger charge is 2.25. The molecule has 0 atom stereocenters. The van der Waals surface area contributed by atoms with Crippen LogP contribution in [0.1, 0.15) is 59.1 Å². The van der Waals surface area contributed by atoms with E-state index in [1.54, 1.807) is 28.4 Å². The Morgan fingerprint density at radius 2 is 0.944 bits per heavy atom. The first kappa shape index (κ1) is 55.5. The summed E-state index contributed by atoms with van der Waals surface area (Å²) in [5.41, 5.74) is 12.6. The Hall–Kier alpha value is -6.47. The Labute approximate surface area is 424 Å². The number of benzene rings is 6. The lowest BCUT2D eigenvalue weighted by Gasteiger charge is -2.21. The molecule has 2 fully saturated rings. The summed E-state index contributed by atoms with van der Waals surface area (Å²) in [6.45, 7) is 6.74. The number of carbonyl (C=O) groups excluding carboxylic acids is 1. The van der Waals surface area contributed by atoms with Gasteiger partial charge in [-0.3, -0.25) is 9.69 Å². The molecule has 11 nitrogen and oxygen atoms in total. The van der Waals surface area contributed by atoms with Gasteiger partial charge in [-0.1, -0.05) is 109 Å². The fourth-order valence-corrected chi connectivity index (χ4v) is 7.66. The summed E-state index contributed by atoms with van der Waals surface area (Å²) < 4.78 is 34.0. The van der Waals surface area contributed by atoms with E-state index in [1.165, 1.54) is 36.8 Å². The van der Waals surface area contributed by atoms with E-state index in [0.29, 0.717) is 32.9 Å². The molecule has 0 spiro atoms. The SMILES string of the molecule is CNC(=O)CN(CCc1ccc(OCc2ccccc2)c(OC)c1)CC1CC1.COc1cc(CCN)ccc1OCc1ccccc1.COc1cc(CCNCC2CC2)ccc1OCc1ccccc1.[B]. The second-order valence-corrected chi connectivity index (χ2v) is 17.8. The quantitative estimate of drug-likeness (QED) is 0.0358. The Bertz CT molecular complexity index is 2420. The van der Waals surface area contributed by atoms with Gasteiger partial charge in [0.2, 0.25) is 5.91 Å². The van der Waals surface area contributed by atoms with E-state index < -0.39 is 0 Å². The first-order valence-corrected chi connectivity index (χ1v) is 24.7. The molecule has 0 saturated heterocycles. The lowest BCUT2D eigenvalue weighted by Crippen LogP contribution is -2.38. The van der Waals surface area contributed by atoms with Crippen molar-refractivity contribution in [3.8, 4) is 34.5 Å². The topological polar surface area (TPSA) is 126 Å². The Balaban J connectivity index is 0.000000200. The zero-order chi connectivity index (χ0) is 49.2. The van der Waals surface area contributed by atoms with Crippen LogP contribution in [0.2, 0.25) is 0 Å². The maximum atomic E-state index is 11.8. The van der Waals surface area contributed by atoms with E-state index in [1.807, 2.05) is 115 Å². The van der Waals surface area contributed by atoms with Crippen molar-refractivity contribution in [2.24, 2.45) is 17.6 Å². The Morgan fingerprint density at radius 1 is 0.535 bits per heavy atom. The number of ether oxygens (including phenoxy) is 6. The normalized spacial score (nSPS) is 12.5. The number of hydrogen-bond donors (Lipinski definition) is 3. The van der Waals surface area contributed by atoms with Gasteiger partial charge in [0.1, 0.15) is 19.8 Å². The zero-order valence-electron chi connectivity index (χ0n) is 42.3. The molecule has 71 heavy (non-hydrogen) atoms. The molecule has 4 N–H and O–H groups in total. The van der Waals surface area contributed by atoms with Gasteiger partial charge in [-0.05, 0) is 146 Å². The van der Waals surface area contributed by atoms with Gasteiger partial charge in [-0.25, -0.2) is 0 Å². The number of methoxy groups -OCH3 is 3. The van der Waals surface area contributed by atoms with Crippen LogP contribution in [0, 0.1) is 11.8 Å². The molecule has 0 unspecified atom stereocenters. The van der Waals surface area contributed by atoms with Crippen LogP contribution in [-0.2, 0) is 43.9 Å². The molecule has 6 aromatic rings. The molecule has 1 amide bonds. The molecular weight excluding hydrogens is 887 g/mol. The van der Waals surface area contributed by atoms with Crippen LogP contribution >= 0.6 is 0 Å². The minimum absolute atomic E-state index is 0. The molecule has 3 radical (unpaired) electrons. The van der Waals surface area contributed by atoms with E-state index in [2.05, 4.69) is 45.9 Å². The standard InChI is InChI=1S/C23H30N2O3.C20H25NO2.C16H19NO2.B/c1-24-23(26)16-25(15-19-8-9-19)13-12-18-10-11-21(22(14-18)27-2)28-17-20-6-4-3-5-7-20;1-22-20-13-16(11-12-21-14-17-7-8-17)9-10-19(20)23-15-18-5-3-2-4-6-18;1-18-16-11-13(9-10-17)7-8-15(16)19-12-14-5-3-2-4-6-14;/h3-7,10-11,14,19H,8-9,12-13,15-17H2,1-2H3,(H,24,26);2-6,9-10,13,17,21H,7-8,11-12,14-15H2,1H3;2-8,11H,9-10,12,17H2,1H3;. The highest BCUT2D eigenvalue weighted by atomic mass is 16.5. The Morgan fingerprint density at radius 3 is 1.32 bits per heavy atom. The first-order valence-electron chi connectivity index (χ1n) is 24.7. The summed E-state index contributed by atoms with van der Waals surface area (Å²) in [7, 11) is 6.70. The van der Waals surface area contributed by atoms with Crippen LogP contribution in [0.25, 0.3) is 0 Å². The third kappa shape index (κ3) is 20.4. The number of hydrogen-bond acceptors (Lipinski definition) is 10. The summed E-state index contributed by atoms with van der Waals surface area (Å²) >= 11 is 0. The predicted octanol–water partition coefficient (Wildman–Crippen LogP) is 9.49. The van der Waals surface area contributed by atoms with Crippen LogP contribution in [-0.4, -0.2) is 86.9 Å². The van der Waals surface area contributed by atoms with Gasteiger partial charge in [0, 0.05) is 28.6 Å². The van der Waals surface area contributed by atoms with Crippen molar-refractivity contribution in [1.29, 1.82) is 0 Å². The minimum atomic E-state index is 0. The van der Waals surface area contributed by atoms with Gasteiger partial charge < -0.3 is 44.8 Å². The first-order chi connectivity index (χ1) is 34.4. The molecule has 0 aromatic heterocycles. The highest BCUT2D eigenvalue weighted by molar-refractivity contribution is 5.77. The number of nitrogens with zero attached hydrogens (tertiary/aromatic N) is 1. The van der Waals surface area contributed by atoms with Crippen molar-refractivity contribution < 1.29 is 33.2 Å². The van der Waals surface area contributed by atoms with Crippen LogP contribution < -0.4 is 44.8 Å². The second kappa shape index (κ2) is 31.0. The van der Waals surface area contributed by atoms with E-state index in [4.69, 9.17) is 34.2 Å². The summed E-state index contributed by atoms with van der Waals surface area (Å²) in [6, 6.07) is 48.6. The summed E-state index contributed by atoms with van der Waals surface area (Å²) in [4.78, 5) is 14.0. The molecule has 8 rings (SSSR count). The molecule has 0 bridgehead atoms. The third-order valence-corrected chi connectivity index (χ3v) is 12.1. The molecule has 0 heterocycles. The third-order valence-electron chi connectivity index (χ3n) is 12.1. The average Bonchev–Trinajstić information content (AvgIpc) is 4.37. The van der Waals surface area contributed by atoms with Crippen molar-refractivity contribution in [3.05, 3.63) is 179 Å². The van der Waals surface area contributed by atoms with Gasteiger partial charge in [0.25, 0.3) is 0 Å². The largest absolute Gasteiger partial charge is 0.493 e. The van der Waals surface area contributed by atoms with Crippen molar-refractivity contribution >= 4 is 14.3 Å². The van der Waals surface area contributed by atoms with Crippen LogP contribution in [0.4, 0.5) is 0 Å². The number of rotatable bonds is 26. The molecule has 6 aromatic carbocycles. The van der Waals surface area contributed by atoms with Gasteiger partial charge in [-0.15, -0.1) is 0 Å². The molecule has 2 saturated carbocycles. The molecule has 2 aliphatic carbocycles.